The predicted octanol–water partition coefficient (Wildman–Crippen LogP) is 2.06. The number of benzene rings is 1. The fourth-order valence-electron chi connectivity index (χ4n) is 2.41. The molecule has 4 heteroatoms. The molecular formula is C16H22N2O2. The summed E-state index contributed by atoms with van der Waals surface area (Å²) in [4.78, 5) is 13.9. The van der Waals surface area contributed by atoms with E-state index in [2.05, 4.69) is 29.2 Å². The number of nitrogens with two attached hydrogens (primary N) is 1. The molecule has 0 saturated carbocycles. The highest BCUT2D eigenvalue weighted by Gasteiger charge is 2.21. The summed E-state index contributed by atoms with van der Waals surface area (Å²) in [6.07, 6.45) is 3.13. The maximum absolute atomic E-state index is 11.5. The van der Waals surface area contributed by atoms with Gasteiger partial charge >= 0.3 is 5.97 Å². The van der Waals surface area contributed by atoms with Crippen LogP contribution in [0.5, 0.6) is 0 Å². The highest BCUT2D eigenvalue weighted by Crippen LogP contribution is 2.16. The quantitative estimate of drug-likeness (QED) is 0.674. The van der Waals surface area contributed by atoms with Crippen LogP contribution in [0.2, 0.25) is 0 Å². The summed E-state index contributed by atoms with van der Waals surface area (Å²) in [5.74, 6) is -0.327. The molecule has 0 unspecified atom stereocenters. The molecule has 1 aliphatic rings. The van der Waals surface area contributed by atoms with E-state index in [9.17, 15) is 4.79 Å². The van der Waals surface area contributed by atoms with Crippen LogP contribution in [0, 0.1) is 0 Å². The summed E-state index contributed by atoms with van der Waals surface area (Å²) in [6.45, 7) is 4.56. The summed E-state index contributed by atoms with van der Waals surface area (Å²) in [6, 6.07) is 10.4. The van der Waals surface area contributed by atoms with Crippen molar-refractivity contribution in [3.05, 3.63) is 47.7 Å². The highest BCUT2D eigenvalue weighted by atomic mass is 16.5. The number of carbonyl (C=O) groups is 1. The van der Waals surface area contributed by atoms with E-state index < -0.39 is 0 Å². The molecule has 1 fully saturated rings. The fourth-order valence-corrected chi connectivity index (χ4v) is 2.41. The standard InChI is InChI=1S/C16H22N2O2/c1-13(17)11-16(19)20-15-7-9-18(10-8-15)12-14-5-3-2-4-6-14/h2-6,11,15H,7-10,12,17H2,1H3/b13-11-. The molecule has 4 nitrogen and oxygen atoms in total. The molecule has 1 saturated heterocycles. The summed E-state index contributed by atoms with van der Waals surface area (Å²) >= 11 is 0. The summed E-state index contributed by atoms with van der Waals surface area (Å²) in [5.41, 5.74) is 7.27. The monoisotopic (exact) mass is 274 g/mol. The van der Waals surface area contributed by atoms with E-state index in [1.165, 1.54) is 11.6 Å². The topological polar surface area (TPSA) is 55.6 Å². The zero-order valence-electron chi connectivity index (χ0n) is 11.9. The second-order valence-electron chi connectivity index (χ2n) is 5.29. The van der Waals surface area contributed by atoms with Gasteiger partial charge in [0.15, 0.2) is 0 Å². The average molecular weight is 274 g/mol. The molecule has 1 heterocycles. The van der Waals surface area contributed by atoms with E-state index in [1.54, 1.807) is 6.92 Å². The first-order valence-electron chi connectivity index (χ1n) is 7.04. The number of carbonyl (C=O) groups excluding carboxylic acids is 1. The number of allylic oxidation sites excluding steroid dienone is 1. The minimum absolute atomic E-state index is 0.0186. The van der Waals surface area contributed by atoms with Crippen LogP contribution in [0.3, 0.4) is 0 Å². The lowest BCUT2D eigenvalue weighted by Gasteiger charge is -2.31. The van der Waals surface area contributed by atoms with Crippen molar-refractivity contribution in [3.63, 3.8) is 0 Å². The summed E-state index contributed by atoms with van der Waals surface area (Å²) in [7, 11) is 0. The van der Waals surface area contributed by atoms with Crippen LogP contribution in [-0.2, 0) is 16.1 Å². The van der Waals surface area contributed by atoms with Crippen molar-refractivity contribution in [2.24, 2.45) is 5.73 Å². The predicted molar refractivity (Wildman–Crippen MR) is 78.8 cm³/mol. The Morgan fingerprint density at radius 3 is 2.60 bits per heavy atom. The van der Waals surface area contributed by atoms with Crippen LogP contribution in [0.25, 0.3) is 0 Å². The average Bonchev–Trinajstić information content (AvgIpc) is 2.41. The zero-order valence-corrected chi connectivity index (χ0v) is 11.9. The van der Waals surface area contributed by atoms with Crippen molar-refractivity contribution in [1.82, 2.24) is 4.90 Å². The lowest BCUT2D eigenvalue weighted by molar-refractivity contribution is -0.145. The number of piperidine rings is 1. The SMILES string of the molecule is C/C(N)=C/C(=O)OC1CCN(Cc2ccccc2)CC1. The minimum Gasteiger partial charge on any atom is -0.459 e. The zero-order chi connectivity index (χ0) is 14.4. The Morgan fingerprint density at radius 1 is 1.35 bits per heavy atom. The number of ether oxygens (including phenoxy) is 1. The van der Waals surface area contributed by atoms with Gasteiger partial charge in [0, 0.05) is 31.4 Å². The van der Waals surface area contributed by atoms with Crippen LogP contribution in [0.15, 0.2) is 42.1 Å². The van der Waals surface area contributed by atoms with E-state index in [1.807, 2.05) is 6.07 Å². The van der Waals surface area contributed by atoms with Crippen LogP contribution < -0.4 is 5.73 Å². The molecule has 20 heavy (non-hydrogen) atoms. The van der Waals surface area contributed by atoms with Crippen molar-refractivity contribution in [2.75, 3.05) is 13.1 Å². The van der Waals surface area contributed by atoms with Gasteiger partial charge in [0.2, 0.25) is 0 Å². The van der Waals surface area contributed by atoms with Crippen LogP contribution >= 0.6 is 0 Å². The Morgan fingerprint density at radius 2 is 2.00 bits per heavy atom. The van der Waals surface area contributed by atoms with Crippen molar-refractivity contribution in [1.29, 1.82) is 0 Å². The normalized spacial score (nSPS) is 17.9. The van der Waals surface area contributed by atoms with Gasteiger partial charge in [-0.25, -0.2) is 4.79 Å². The van der Waals surface area contributed by atoms with Crippen LogP contribution in [0.4, 0.5) is 0 Å². The second kappa shape index (κ2) is 7.10. The smallest absolute Gasteiger partial charge is 0.332 e. The molecule has 2 N–H and O–H groups in total. The third-order valence-corrected chi connectivity index (χ3v) is 3.41. The van der Waals surface area contributed by atoms with Gasteiger partial charge in [0.05, 0.1) is 0 Å². The molecule has 1 aliphatic heterocycles. The van der Waals surface area contributed by atoms with Gasteiger partial charge in [-0.15, -0.1) is 0 Å². The molecule has 1 aromatic carbocycles. The number of rotatable bonds is 4. The van der Waals surface area contributed by atoms with Crippen molar-refractivity contribution in [3.8, 4) is 0 Å². The van der Waals surface area contributed by atoms with Crippen molar-refractivity contribution in [2.45, 2.75) is 32.4 Å². The molecule has 0 bridgehead atoms. The Kier molecular flexibility index (Phi) is 5.18. The maximum Gasteiger partial charge on any atom is 0.332 e. The van der Waals surface area contributed by atoms with Crippen molar-refractivity contribution >= 4 is 5.97 Å². The first-order valence-corrected chi connectivity index (χ1v) is 7.04. The number of hydrogen-bond donors (Lipinski definition) is 1. The molecule has 108 valence electrons. The Hall–Kier alpha value is -1.81. The number of hydrogen-bond acceptors (Lipinski definition) is 4. The Labute approximate surface area is 120 Å². The first kappa shape index (κ1) is 14.6. The summed E-state index contributed by atoms with van der Waals surface area (Å²) < 4.78 is 5.38. The van der Waals surface area contributed by atoms with Gasteiger partial charge in [-0.2, -0.15) is 0 Å². The lowest BCUT2D eigenvalue weighted by Crippen LogP contribution is -2.37. The van der Waals surface area contributed by atoms with Gasteiger partial charge in [-0.1, -0.05) is 30.3 Å². The Bertz CT molecular complexity index is 459. The van der Waals surface area contributed by atoms with Crippen LogP contribution in [0.1, 0.15) is 25.3 Å². The largest absolute Gasteiger partial charge is 0.459 e. The molecule has 0 aliphatic carbocycles. The van der Waals surface area contributed by atoms with Gasteiger partial charge in [-0.3, -0.25) is 4.90 Å². The molecule has 0 radical (unpaired) electrons. The van der Waals surface area contributed by atoms with Gasteiger partial charge < -0.3 is 10.5 Å². The van der Waals surface area contributed by atoms with E-state index in [-0.39, 0.29) is 12.1 Å². The van der Waals surface area contributed by atoms with E-state index in [4.69, 9.17) is 10.5 Å². The van der Waals surface area contributed by atoms with Gasteiger partial charge in [0.25, 0.3) is 0 Å². The third kappa shape index (κ3) is 4.70. The first-order chi connectivity index (χ1) is 9.63. The molecular weight excluding hydrogens is 252 g/mol. The molecule has 0 atom stereocenters. The Balaban J connectivity index is 1.75. The molecule has 2 rings (SSSR count). The lowest BCUT2D eigenvalue weighted by atomic mass is 10.1. The minimum atomic E-state index is -0.327. The van der Waals surface area contributed by atoms with Crippen molar-refractivity contribution < 1.29 is 9.53 Å². The third-order valence-electron chi connectivity index (χ3n) is 3.41. The van der Waals surface area contributed by atoms with E-state index in [0.717, 1.165) is 32.5 Å². The van der Waals surface area contributed by atoms with E-state index >= 15 is 0 Å². The van der Waals surface area contributed by atoms with Gasteiger partial charge in [-0.05, 0) is 25.3 Å². The van der Waals surface area contributed by atoms with Gasteiger partial charge in [0.1, 0.15) is 6.10 Å². The molecule has 1 aromatic rings. The summed E-state index contributed by atoms with van der Waals surface area (Å²) in [5, 5.41) is 0. The number of esters is 1. The highest BCUT2D eigenvalue weighted by molar-refractivity contribution is 5.82. The number of likely N-dealkylation sites (tertiary alicyclic amines) is 1. The number of nitrogens with zero attached hydrogens (tertiary/aromatic N) is 1. The molecule has 0 spiro atoms. The maximum atomic E-state index is 11.5. The molecule has 0 amide bonds. The van der Waals surface area contributed by atoms with E-state index in [0.29, 0.717) is 5.70 Å². The molecule has 0 aromatic heterocycles. The second-order valence-corrected chi connectivity index (χ2v) is 5.29. The van der Waals surface area contributed by atoms with Crippen LogP contribution in [-0.4, -0.2) is 30.1 Å². The fraction of sp³-hybridized carbons (Fsp3) is 0.438.